The summed E-state index contributed by atoms with van der Waals surface area (Å²) >= 11 is 0. The van der Waals surface area contributed by atoms with Crippen molar-refractivity contribution in [3.05, 3.63) is 51.3 Å². The van der Waals surface area contributed by atoms with Gasteiger partial charge in [-0.1, -0.05) is 0 Å². The van der Waals surface area contributed by atoms with Crippen LogP contribution in [0.15, 0.2) is 35.7 Å². The minimum absolute atomic E-state index is 0.112. The second kappa shape index (κ2) is 5.59. The number of nitro groups is 1. The highest BCUT2D eigenvalue weighted by Gasteiger charge is 2.18. The zero-order valence-corrected chi connectivity index (χ0v) is 10.0. The fourth-order valence-corrected chi connectivity index (χ4v) is 1.46. The molecule has 6 heteroatoms. The van der Waals surface area contributed by atoms with E-state index in [0.29, 0.717) is 11.3 Å². The van der Waals surface area contributed by atoms with Gasteiger partial charge in [0.1, 0.15) is 5.71 Å². The molecule has 0 spiro atoms. The molecule has 0 unspecified atom stereocenters. The van der Waals surface area contributed by atoms with E-state index < -0.39 is 4.92 Å². The molecule has 0 bridgehead atoms. The van der Waals surface area contributed by atoms with Gasteiger partial charge in [0.05, 0.1) is 22.3 Å². The van der Waals surface area contributed by atoms with Crippen molar-refractivity contribution in [2.24, 2.45) is 0 Å². The van der Waals surface area contributed by atoms with Crippen molar-refractivity contribution in [3.63, 3.8) is 0 Å². The molecule has 0 saturated heterocycles. The average molecular weight is 244 g/mol. The summed E-state index contributed by atoms with van der Waals surface area (Å²) in [6.07, 6.45) is 0. The first-order valence-corrected chi connectivity index (χ1v) is 5.13. The molecule has 0 amide bonds. The topological polar surface area (TPSA) is 103 Å². The fourth-order valence-electron chi connectivity index (χ4n) is 1.46. The van der Waals surface area contributed by atoms with Gasteiger partial charge in [0.2, 0.25) is 0 Å². The number of nitriles is 1. The summed E-state index contributed by atoms with van der Waals surface area (Å²) in [5.41, 5.74) is 1.07. The number of benzene rings is 1. The highest BCUT2D eigenvalue weighted by atomic mass is 16.6. The fraction of sp³-hybridized carbons (Fsp3) is 0.167. The van der Waals surface area contributed by atoms with Crippen LogP contribution in [-0.4, -0.2) is 10.6 Å². The van der Waals surface area contributed by atoms with Crippen molar-refractivity contribution in [2.75, 3.05) is 5.32 Å². The van der Waals surface area contributed by atoms with E-state index in [1.807, 2.05) is 6.07 Å². The summed E-state index contributed by atoms with van der Waals surface area (Å²) in [7, 11) is 0. The monoisotopic (exact) mass is 244 g/mol. The van der Waals surface area contributed by atoms with Gasteiger partial charge in [0, 0.05) is 5.69 Å². The van der Waals surface area contributed by atoms with Gasteiger partial charge >= 0.3 is 5.70 Å². The first kappa shape index (κ1) is 13.4. The molecular formula is C12H12N4O2. The minimum atomic E-state index is -0.589. The molecule has 0 aliphatic carbocycles. The summed E-state index contributed by atoms with van der Waals surface area (Å²) in [4.78, 5) is 10.2. The zero-order chi connectivity index (χ0) is 13.7. The van der Waals surface area contributed by atoms with Crippen molar-refractivity contribution < 1.29 is 4.92 Å². The lowest BCUT2D eigenvalue weighted by Gasteiger charge is -2.07. The molecule has 0 heterocycles. The Hall–Kier alpha value is -2.68. The molecule has 1 aromatic rings. The zero-order valence-electron chi connectivity index (χ0n) is 10.0. The van der Waals surface area contributed by atoms with Crippen LogP contribution in [-0.2, 0) is 0 Å². The molecule has 0 aliphatic rings. The third kappa shape index (κ3) is 3.15. The number of hydrogen-bond acceptors (Lipinski definition) is 5. The Balaban J connectivity index is 3.01. The number of anilines is 1. The normalized spacial score (nSPS) is 11.2. The highest BCUT2D eigenvalue weighted by Crippen LogP contribution is 2.14. The average Bonchev–Trinajstić information content (AvgIpc) is 2.28. The van der Waals surface area contributed by atoms with Crippen LogP contribution in [0.3, 0.4) is 0 Å². The van der Waals surface area contributed by atoms with E-state index in [2.05, 4.69) is 5.32 Å². The molecule has 0 saturated carbocycles. The Labute approximate surface area is 104 Å². The standard InChI is InChI=1S/C12H12N4O2/c1-8(14)12(16(17)18)9(2)15-11-5-3-10(7-13)4-6-11/h3-6,14-15H,1-2H3/b12-9+,14-8?. The van der Waals surface area contributed by atoms with Gasteiger partial charge in [-0.2, -0.15) is 5.26 Å². The largest absolute Gasteiger partial charge is 0.353 e. The van der Waals surface area contributed by atoms with Gasteiger partial charge in [0.25, 0.3) is 0 Å². The molecule has 92 valence electrons. The maximum absolute atomic E-state index is 10.8. The Bertz CT molecular complexity index is 536. The Morgan fingerprint density at radius 2 is 1.94 bits per heavy atom. The highest BCUT2D eigenvalue weighted by molar-refractivity contribution is 5.94. The quantitative estimate of drug-likeness (QED) is 0.482. The maximum atomic E-state index is 10.8. The molecule has 0 aromatic heterocycles. The maximum Gasteiger partial charge on any atom is 0.308 e. The number of nitrogens with one attached hydrogen (secondary N) is 2. The van der Waals surface area contributed by atoms with Crippen LogP contribution in [0.4, 0.5) is 5.69 Å². The van der Waals surface area contributed by atoms with Gasteiger partial charge in [-0.3, -0.25) is 15.5 Å². The van der Waals surface area contributed by atoms with Crippen LogP contribution in [0.25, 0.3) is 0 Å². The number of rotatable bonds is 4. The second-order valence-corrected chi connectivity index (χ2v) is 3.67. The molecule has 2 N–H and O–H groups in total. The number of allylic oxidation sites excluding steroid dienone is 2. The summed E-state index contributed by atoms with van der Waals surface area (Å²) in [5, 5.41) is 29.6. The lowest BCUT2D eigenvalue weighted by molar-refractivity contribution is -0.416. The molecule has 18 heavy (non-hydrogen) atoms. The minimum Gasteiger partial charge on any atom is -0.353 e. The molecule has 1 aromatic carbocycles. The van der Waals surface area contributed by atoms with Crippen molar-refractivity contribution in [1.29, 1.82) is 10.7 Å². The van der Waals surface area contributed by atoms with Gasteiger partial charge in [-0.25, -0.2) is 0 Å². The number of hydrogen-bond donors (Lipinski definition) is 2. The van der Waals surface area contributed by atoms with E-state index in [9.17, 15) is 10.1 Å². The summed E-state index contributed by atoms with van der Waals surface area (Å²) in [6.45, 7) is 2.90. The molecule has 0 radical (unpaired) electrons. The van der Waals surface area contributed by atoms with Crippen LogP contribution in [0.5, 0.6) is 0 Å². The van der Waals surface area contributed by atoms with E-state index in [4.69, 9.17) is 10.7 Å². The van der Waals surface area contributed by atoms with Gasteiger partial charge in [-0.05, 0) is 38.1 Å². The van der Waals surface area contributed by atoms with Gasteiger partial charge < -0.3 is 5.32 Å². The third-order valence-corrected chi connectivity index (χ3v) is 2.24. The van der Waals surface area contributed by atoms with Crippen molar-refractivity contribution >= 4 is 11.4 Å². The van der Waals surface area contributed by atoms with Crippen LogP contribution in [0.2, 0.25) is 0 Å². The van der Waals surface area contributed by atoms with E-state index in [1.165, 1.54) is 13.8 Å². The smallest absolute Gasteiger partial charge is 0.308 e. The van der Waals surface area contributed by atoms with E-state index >= 15 is 0 Å². The Morgan fingerprint density at radius 3 is 2.33 bits per heavy atom. The molecule has 0 aliphatic heterocycles. The first-order chi connectivity index (χ1) is 8.45. The summed E-state index contributed by atoms with van der Waals surface area (Å²) in [6, 6.07) is 8.51. The lowest BCUT2D eigenvalue weighted by Crippen LogP contribution is -2.13. The predicted octanol–water partition coefficient (Wildman–Crippen LogP) is 2.52. The van der Waals surface area contributed by atoms with Crippen molar-refractivity contribution in [3.8, 4) is 6.07 Å². The summed E-state index contributed by atoms with van der Waals surface area (Å²) < 4.78 is 0. The molecule has 1 rings (SSSR count). The van der Waals surface area contributed by atoms with Crippen LogP contribution in [0.1, 0.15) is 19.4 Å². The van der Waals surface area contributed by atoms with E-state index in [0.717, 1.165) is 0 Å². The SMILES string of the molecule is CC(=N)/C(=C(/C)Nc1ccc(C#N)cc1)[N+](=O)[O-]. The Kier molecular flexibility index (Phi) is 4.16. The van der Waals surface area contributed by atoms with Crippen LogP contribution < -0.4 is 5.32 Å². The lowest BCUT2D eigenvalue weighted by atomic mass is 10.2. The predicted molar refractivity (Wildman–Crippen MR) is 67.9 cm³/mol. The summed E-state index contributed by atoms with van der Waals surface area (Å²) in [5.74, 6) is 0. The van der Waals surface area contributed by atoms with E-state index in [1.54, 1.807) is 24.3 Å². The van der Waals surface area contributed by atoms with Gasteiger partial charge in [-0.15, -0.1) is 0 Å². The van der Waals surface area contributed by atoms with Crippen LogP contribution in [0, 0.1) is 26.9 Å². The molecule has 0 atom stereocenters. The van der Waals surface area contributed by atoms with Crippen molar-refractivity contribution in [1.82, 2.24) is 0 Å². The molecule has 0 fully saturated rings. The third-order valence-electron chi connectivity index (χ3n) is 2.24. The Morgan fingerprint density at radius 1 is 1.39 bits per heavy atom. The van der Waals surface area contributed by atoms with Gasteiger partial charge in [0.15, 0.2) is 0 Å². The van der Waals surface area contributed by atoms with Crippen LogP contribution >= 0.6 is 0 Å². The molecule has 6 nitrogen and oxygen atoms in total. The second-order valence-electron chi connectivity index (χ2n) is 3.67. The molecular weight excluding hydrogens is 232 g/mol. The van der Waals surface area contributed by atoms with E-state index in [-0.39, 0.29) is 17.1 Å². The van der Waals surface area contributed by atoms with Crippen molar-refractivity contribution in [2.45, 2.75) is 13.8 Å². The first-order valence-electron chi connectivity index (χ1n) is 5.13. The number of nitrogens with zero attached hydrogens (tertiary/aromatic N) is 2.